The molecule has 49 heavy (non-hydrogen) atoms. The SMILES string of the molecule is CO[C@@H](C)c1ncc(C2CCN(C3CC3)CC2)cc1-c1c(CC(C)(C)COC(C)=O)c2cc(B3OC(C)(C)C(C)(C)O3)cc3c2n1CCO3. The molecule has 0 unspecified atom stereocenters. The lowest BCUT2D eigenvalue weighted by molar-refractivity contribution is -0.143. The van der Waals surface area contributed by atoms with Crippen LogP contribution in [0.5, 0.6) is 5.75 Å². The number of esters is 1. The predicted octanol–water partition coefficient (Wildman–Crippen LogP) is 6.58. The molecule has 0 N–H and O–H groups in total. The van der Waals surface area contributed by atoms with Crippen LogP contribution in [0.3, 0.4) is 0 Å². The Morgan fingerprint density at radius 2 is 1.76 bits per heavy atom. The van der Waals surface area contributed by atoms with Gasteiger partial charge < -0.3 is 33.0 Å². The number of hydrogen-bond donors (Lipinski definition) is 0. The van der Waals surface area contributed by atoms with E-state index in [0.717, 1.165) is 71.0 Å². The van der Waals surface area contributed by atoms with Gasteiger partial charge in [0.1, 0.15) is 12.4 Å². The van der Waals surface area contributed by atoms with Crippen LogP contribution in [0.15, 0.2) is 24.4 Å². The number of methoxy groups -OCH3 is 1. The highest BCUT2D eigenvalue weighted by molar-refractivity contribution is 6.62. The van der Waals surface area contributed by atoms with Crippen LogP contribution >= 0.6 is 0 Å². The monoisotopic (exact) mass is 671 g/mol. The number of likely N-dealkylation sites (tertiary alicyclic amines) is 1. The van der Waals surface area contributed by atoms with Gasteiger partial charge in [0.25, 0.3) is 0 Å². The fraction of sp³-hybridized carbons (Fsp3) is 0.641. The number of nitrogens with zero attached hydrogens (tertiary/aromatic N) is 3. The molecule has 0 radical (unpaired) electrons. The molecule has 1 aromatic carbocycles. The van der Waals surface area contributed by atoms with Crippen molar-refractivity contribution in [2.24, 2.45) is 5.41 Å². The Balaban J connectivity index is 1.40. The Morgan fingerprint density at radius 1 is 1.06 bits per heavy atom. The summed E-state index contributed by atoms with van der Waals surface area (Å²) in [4.78, 5) is 19.8. The number of ether oxygens (including phenoxy) is 3. The first-order chi connectivity index (χ1) is 23.2. The number of hydrogen-bond acceptors (Lipinski definition) is 8. The van der Waals surface area contributed by atoms with Crippen molar-refractivity contribution in [3.63, 3.8) is 0 Å². The lowest BCUT2D eigenvalue weighted by atomic mass is 9.77. The minimum absolute atomic E-state index is 0.201. The molecule has 9 nitrogen and oxygen atoms in total. The highest BCUT2D eigenvalue weighted by Crippen LogP contribution is 2.46. The van der Waals surface area contributed by atoms with Gasteiger partial charge in [-0.25, -0.2) is 0 Å². The van der Waals surface area contributed by atoms with Crippen molar-refractivity contribution in [1.82, 2.24) is 14.5 Å². The average Bonchev–Trinajstić information content (AvgIpc) is 3.83. The lowest BCUT2D eigenvalue weighted by Crippen LogP contribution is -2.41. The van der Waals surface area contributed by atoms with E-state index in [1.807, 2.05) is 0 Å². The first-order valence-corrected chi connectivity index (χ1v) is 18.3. The maximum atomic E-state index is 11.9. The second-order valence-electron chi connectivity index (χ2n) is 16.6. The average molecular weight is 672 g/mol. The van der Waals surface area contributed by atoms with Crippen LogP contribution in [0.1, 0.15) is 110 Å². The van der Waals surface area contributed by atoms with Gasteiger partial charge in [0.15, 0.2) is 0 Å². The van der Waals surface area contributed by atoms with Crippen molar-refractivity contribution in [2.75, 3.05) is 33.4 Å². The first kappa shape index (κ1) is 34.5. The molecule has 1 aliphatic carbocycles. The molecule has 4 aliphatic rings. The Morgan fingerprint density at radius 3 is 2.39 bits per heavy atom. The standard InChI is InChI=1S/C39H54BN3O6/c1-24(45-9)34-31(18-27(22-41-34)26-12-14-42(15-13-26)29-10-11-29)35-32(21-37(3,4)23-47-25(2)44)30-19-28(20-33-36(30)43(35)16-17-46-33)40-48-38(5,6)39(7,8)49-40/h18-20,22,24,26,29H,10-17,21,23H2,1-9H3/t24-/m0/s1. The van der Waals surface area contributed by atoms with E-state index in [1.165, 1.54) is 30.9 Å². The normalized spacial score (nSPS) is 21.6. The van der Waals surface area contributed by atoms with E-state index in [1.54, 1.807) is 7.11 Å². The second-order valence-corrected chi connectivity index (χ2v) is 16.6. The molecule has 7 rings (SSSR count). The Hall–Kier alpha value is -2.92. The molecule has 1 atom stereocenters. The van der Waals surface area contributed by atoms with E-state index >= 15 is 0 Å². The topological polar surface area (TPSA) is 84.3 Å². The van der Waals surface area contributed by atoms with Crippen molar-refractivity contribution >= 4 is 29.5 Å². The summed E-state index contributed by atoms with van der Waals surface area (Å²) < 4.78 is 33.5. The quantitative estimate of drug-likeness (QED) is 0.177. The number of benzene rings is 1. The van der Waals surface area contributed by atoms with Gasteiger partial charge in [-0.3, -0.25) is 9.78 Å². The zero-order valence-electron chi connectivity index (χ0n) is 31.0. The Bertz CT molecular complexity index is 1720. The molecule has 0 bridgehead atoms. The third kappa shape index (κ3) is 6.54. The van der Waals surface area contributed by atoms with Crippen molar-refractivity contribution in [2.45, 2.75) is 123 Å². The molecule has 3 aliphatic heterocycles. The molecule has 5 heterocycles. The fourth-order valence-electron chi connectivity index (χ4n) is 7.93. The molecule has 264 valence electrons. The van der Waals surface area contributed by atoms with E-state index in [4.69, 9.17) is 28.5 Å². The number of pyridine rings is 1. The summed E-state index contributed by atoms with van der Waals surface area (Å²) in [5.41, 5.74) is 6.38. The minimum atomic E-state index is -0.527. The van der Waals surface area contributed by atoms with Gasteiger partial charge in [-0.2, -0.15) is 0 Å². The van der Waals surface area contributed by atoms with Gasteiger partial charge in [0, 0.05) is 42.6 Å². The maximum Gasteiger partial charge on any atom is 0.494 e. The van der Waals surface area contributed by atoms with Crippen LogP contribution in [-0.4, -0.2) is 78.2 Å². The molecule has 0 amide bonds. The highest BCUT2D eigenvalue weighted by atomic mass is 16.7. The number of rotatable bonds is 10. The number of aromatic nitrogens is 2. The Kier molecular flexibility index (Phi) is 8.94. The van der Waals surface area contributed by atoms with Crippen LogP contribution in [0, 0.1) is 5.41 Å². The highest BCUT2D eigenvalue weighted by Gasteiger charge is 2.52. The zero-order chi connectivity index (χ0) is 34.9. The molecule has 3 fully saturated rings. The number of piperidine rings is 1. The van der Waals surface area contributed by atoms with Crippen LogP contribution in [0.2, 0.25) is 0 Å². The van der Waals surface area contributed by atoms with Gasteiger partial charge in [-0.1, -0.05) is 19.9 Å². The smallest absolute Gasteiger partial charge is 0.490 e. The number of carbonyl (C=O) groups excluding carboxylic acids is 1. The third-order valence-corrected chi connectivity index (χ3v) is 11.7. The summed E-state index contributed by atoms with van der Waals surface area (Å²) in [7, 11) is 1.22. The molecule has 1 saturated carbocycles. The van der Waals surface area contributed by atoms with E-state index in [-0.39, 0.29) is 17.5 Å². The van der Waals surface area contributed by atoms with Crippen molar-refractivity contribution < 1.29 is 28.3 Å². The summed E-state index contributed by atoms with van der Waals surface area (Å²) in [6.07, 6.45) is 7.57. The van der Waals surface area contributed by atoms with Crippen LogP contribution < -0.4 is 10.2 Å². The first-order valence-electron chi connectivity index (χ1n) is 18.3. The van der Waals surface area contributed by atoms with Gasteiger partial charge >= 0.3 is 13.1 Å². The minimum Gasteiger partial charge on any atom is -0.490 e. The second kappa shape index (κ2) is 12.7. The fourth-order valence-corrected chi connectivity index (χ4v) is 7.93. The Labute approximate surface area is 292 Å². The van der Waals surface area contributed by atoms with E-state index in [0.29, 0.717) is 32.1 Å². The van der Waals surface area contributed by atoms with Gasteiger partial charge in [0.2, 0.25) is 0 Å². The van der Waals surface area contributed by atoms with Gasteiger partial charge in [0.05, 0.1) is 47.4 Å². The zero-order valence-corrected chi connectivity index (χ0v) is 31.0. The van der Waals surface area contributed by atoms with E-state index < -0.39 is 18.3 Å². The van der Waals surface area contributed by atoms with E-state index in [2.05, 4.69) is 82.3 Å². The van der Waals surface area contributed by atoms with Crippen molar-refractivity contribution in [3.05, 3.63) is 41.2 Å². The molecule has 2 aromatic heterocycles. The lowest BCUT2D eigenvalue weighted by Gasteiger charge is -2.32. The summed E-state index contributed by atoms with van der Waals surface area (Å²) in [5, 5.41) is 1.10. The predicted molar refractivity (Wildman–Crippen MR) is 192 cm³/mol. The summed E-state index contributed by atoms with van der Waals surface area (Å²) in [6.45, 7) is 20.1. The largest absolute Gasteiger partial charge is 0.494 e. The van der Waals surface area contributed by atoms with Crippen molar-refractivity contribution in [1.29, 1.82) is 0 Å². The number of carbonyl (C=O) groups is 1. The molecule has 3 aromatic rings. The van der Waals surface area contributed by atoms with Crippen LogP contribution in [0.4, 0.5) is 0 Å². The summed E-state index contributed by atoms with van der Waals surface area (Å²) in [5.74, 6) is 1.03. The van der Waals surface area contributed by atoms with Crippen LogP contribution in [0.25, 0.3) is 22.2 Å². The maximum absolute atomic E-state index is 11.9. The molecular formula is C39H54BN3O6. The molecule has 0 spiro atoms. The molecular weight excluding hydrogens is 617 g/mol. The third-order valence-electron chi connectivity index (χ3n) is 11.7. The van der Waals surface area contributed by atoms with Crippen molar-refractivity contribution in [3.8, 4) is 17.0 Å². The summed E-state index contributed by atoms with van der Waals surface area (Å²) in [6, 6.07) is 7.53. The van der Waals surface area contributed by atoms with E-state index in [9.17, 15) is 4.79 Å². The molecule has 2 saturated heterocycles. The molecule has 10 heteroatoms. The van der Waals surface area contributed by atoms with Gasteiger partial charge in [-0.15, -0.1) is 0 Å². The van der Waals surface area contributed by atoms with Gasteiger partial charge in [-0.05, 0) is 114 Å². The van der Waals surface area contributed by atoms with Crippen LogP contribution in [-0.2, 0) is 36.5 Å². The summed E-state index contributed by atoms with van der Waals surface area (Å²) >= 11 is 0.